The monoisotopic (exact) mass is 454 g/mol. The van der Waals surface area contributed by atoms with Crippen molar-refractivity contribution in [3.05, 3.63) is 78.1 Å². The second kappa shape index (κ2) is 10.4. The summed E-state index contributed by atoms with van der Waals surface area (Å²) in [5.74, 6) is -0.940. The van der Waals surface area contributed by atoms with Gasteiger partial charge in [0.25, 0.3) is 0 Å². The maximum absolute atomic E-state index is 13.9. The number of piperazine rings is 1. The lowest BCUT2D eigenvalue weighted by Crippen LogP contribution is -2.55. The molecule has 3 aromatic rings. The van der Waals surface area contributed by atoms with Crippen molar-refractivity contribution in [2.24, 2.45) is 0 Å². The molecular weight excluding hydrogens is 430 g/mol. The number of carbonyl (C=O) groups excluding carboxylic acids is 1. The summed E-state index contributed by atoms with van der Waals surface area (Å²) in [5.41, 5.74) is 1.02. The Hall–Kier alpha value is -3.59. The third-order valence-electron chi connectivity index (χ3n) is 5.34. The Labute approximate surface area is 190 Å². The number of hydrogen-bond donors (Lipinski definition) is 0. The van der Waals surface area contributed by atoms with Gasteiger partial charge in [-0.05, 0) is 24.6 Å². The molecule has 1 aliphatic rings. The van der Waals surface area contributed by atoms with Gasteiger partial charge in [0.1, 0.15) is 24.6 Å². The van der Waals surface area contributed by atoms with Crippen LogP contribution in [-0.2, 0) is 16.1 Å². The lowest BCUT2D eigenvalue weighted by Gasteiger charge is -2.40. The highest BCUT2D eigenvalue weighted by Gasteiger charge is 2.28. The Kier molecular flexibility index (Phi) is 7.09. The molecule has 0 saturated carbocycles. The van der Waals surface area contributed by atoms with Crippen LogP contribution in [0.5, 0.6) is 11.6 Å². The molecule has 1 aliphatic heterocycles. The van der Waals surface area contributed by atoms with E-state index < -0.39 is 11.6 Å². The summed E-state index contributed by atoms with van der Waals surface area (Å²) in [4.78, 5) is 24.7. The number of hydrogen-bond acceptors (Lipinski definition) is 6. The van der Waals surface area contributed by atoms with Gasteiger partial charge in [0.15, 0.2) is 11.6 Å². The minimum absolute atomic E-state index is 0.0218. The molecule has 2 aromatic carbocycles. The molecule has 7 nitrogen and oxygen atoms in total. The number of anilines is 1. The number of aromatic nitrogens is 2. The zero-order valence-corrected chi connectivity index (χ0v) is 18.2. The average Bonchev–Trinajstić information content (AvgIpc) is 2.81. The van der Waals surface area contributed by atoms with Crippen LogP contribution >= 0.6 is 0 Å². The SMILES string of the molecule is CC1CN(c2cc(Oc3ccc(F)cc3F)ncn2)CCN1C(=O)COCc1ccccc1. The molecule has 0 radical (unpaired) electrons. The van der Waals surface area contributed by atoms with Crippen molar-refractivity contribution in [2.45, 2.75) is 19.6 Å². The number of benzene rings is 2. The molecule has 0 bridgehead atoms. The van der Waals surface area contributed by atoms with Gasteiger partial charge in [-0.1, -0.05) is 30.3 Å². The lowest BCUT2D eigenvalue weighted by molar-refractivity contribution is -0.139. The molecular formula is C24H24F2N4O3. The van der Waals surface area contributed by atoms with Crippen molar-refractivity contribution in [3.63, 3.8) is 0 Å². The minimum atomic E-state index is -0.814. The smallest absolute Gasteiger partial charge is 0.248 e. The van der Waals surface area contributed by atoms with Crippen molar-refractivity contribution in [1.29, 1.82) is 0 Å². The number of rotatable bonds is 7. The maximum Gasteiger partial charge on any atom is 0.248 e. The molecule has 1 fully saturated rings. The van der Waals surface area contributed by atoms with Crippen molar-refractivity contribution in [3.8, 4) is 11.6 Å². The second-order valence-electron chi connectivity index (χ2n) is 7.75. The highest BCUT2D eigenvalue weighted by atomic mass is 19.1. The van der Waals surface area contributed by atoms with Crippen LogP contribution in [0.2, 0.25) is 0 Å². The number of ether oxygens (including phenoxy) is 2. The lowest BCUT2D eigenvalue weighted by atomic mass is 10.2. The predicted octanol–water partition coefficient (Wildman–Crippen LogP) is 3.80. The molecule has 1 saturated heterocycles. The maximum atomic E-state index is 13.9. The Bertz CT molecular complexity index is 1100. The first-order valence-corrected chi connectivity index (χ1v) is 10.6. The Balaban J connectivity index is 1.32. The summed E-state index contributed by atoms with van der Waals surface area (Å²) >= 11 is 0. The Morgan fingerprint density at radius 3 is 2.67 bits per heavy atom. The molecule has 2 heterocycles. The van der Waals surface area contributed by atoms with Gasteiger partial charge in [-0.3, -0.25) is 4.79 Å². The van der Waals surface area contributed by atoms with Crippen molar-refractivity contribution in [2.75, 3.05) is 31.1 Å². The molecule has 33 heavy (non-hydrogen) atoms. The molecule has 1 unspecified atom stereocenters. The second-order valence-corrected chi connectivity index (χ2v) is 7.75. The van der Waals surface area contributed by atoms with E-state index in [2.05, 4.69) is 9.97 Å². The van der Waals surface area contributed by atoms with Gasteiger partial charge >= 0.3 is 0 Å². The number of halogens is 2. The zero-order valence-electron chi connectivity index (χ0n) is 18.2. The highest BCUT2D eigenvalue weighted by molar-refractivity contribution is 5.78. The molecule has 1 atom stereocenters. The van der Waals surface area contributed by atoms with Gasteiger partial charge in [0.05, 0.1) is 6.61 Å². The molecule has 1 amide bonds. The molecule has 4 rings (SSSR count). The van der Waals surface area contributed by atoms with Crippen LogP contribution in [0.15, 0.2) is 60.9 Å². The Morgan fingerprint density at radius 2 is 1.91 bits per heavy atom. The van der Waals surface area contributed by atoms with Crippen LogP contribution in [0.25, 0.3) is 0 Å². The highest BCUT2D eigenvalue weighted by Crippen LogP contribution is 2.26. The van der Waals surface area contributed by atoms with Crippen LogP contribution in [0.3, 0.4) is 0 Å². The summed E-state index contributed by atoms with van der Waals surface area (Å²) in [6.07, 6.45) is 1.33. The molecule has 172 valence electrons. The van der Waals surface area contributed by atoms with Crippen LogP contribution < -0.4 is 9.64 Å². The van der Waals surface area contributed by atoms with E-state index in [0.29, 0.717) is 32.1 Å². The Morgan fingerprint density at radius 1 is 1.09 bits per heavy atom. The van der Waals surface area contributed by atoms with Crippen molar-refractivity contribution in [1.82, 2.24) is 14.9 Å². The summed E-state index contributed by atoms with van der Waals surface area (Å²) in [6.45, 7) is 4.02. The van der Waals surface area contributed by atoms with Gasteiger partial charge in [0, 0.05) is 37.8 Å². The summed E-state index contributed by atoms with van der Waals surface area (Å²) in [6, 6.07) is 14.3. The molecule has 9 heteroatoms. The number of amides is 1. The quantitative estimate of drug-likeness (QED) is 0.541. The standard InChI is InChI=1S/C24H24F2N4O3/c1-17-13-29(9-10-30(17)24(31)15-32-14-18-5-3-2-4-6-18)22-12-23(28-16-27-22)33-21-8-7-19(25)11-20(21)26/h2-8,11-12,16-17H,9-10,13-15H2,1H3. The van der Waals surface area contributed by atoms with E-state index in [4.69, 9.17) is 9.47 Å². The molecule has 1 aromatic heterocycles. The van der Waals surface area contributed by atoms with Gasteiger partial charge in [-0.2, -0.15) is 0 Å². The fourth-order valence-corrected chi connectivity index (χ4v) is 3.68. The first-order chi connectivity index (χ1) is 16.0. The first-order valence-electron chi connectivity index (χ1n) is 10.6. The fourth-order valence-electron chi connectivity index (χ4n) is 3.68. The van der Waals surface area contributed by atoms with Crippen molar-refractivity contribution >= 4 is 11.7 Å². The summed E-state index contributed by atoms with van der Waals surface area (Å²) in [7, 11) is 0. The molecule has 0 N–H and O–H groups in total. The van der Waals surface area contributed by atoms with Gasteiger partial charge < -0.3 is 19.3 Å². The van der Waals surface area contributed by atoms with E-state index in [0.717, 1.165) is 17.7 Å². The topological polar surface area (TPSA) is 67.8 Å². The predicted molar refractivity (Wildman–Crippen MR) is 118 cm³/mol. The third-order valence-corrected chi connectivity index (χ3v) is 5.34. The van der Waals surface area contributed by atoms with Crippen LogP contribution in [0.4, 0.5) is 14.6 Å². The molecule has 0 spiro atoms. The van der Waals surface area contributed by atoms with Crippen LogP contribution in [-0.4, -0.2) is 53.1 Å². The molecule has 0 aliphatic carbocycles. The van der Waals surface area contributed by atoms with E-state index >= 15 is 0 Å². The third kappa shape index (κ3) is 5.81. The van der Waals surface area contributed by atoms with Crippen LogP contribution in [0.1, 0.15) is 12.5 Å². The van der Waals surface area contributed by atoms with E-state index in [1.807, 2.05) is 42.2 Å². The fraction of sp³-hybridized carbons (Fsp3) is 0.292. The number of nitrogens with zero attached hydrogens (tertiary/aromatic N) is 4. The largest absolute Gasteiger partial charge is 0.436 e. The normalized spacial score (nSPS) is 16.0. The van der Waals surface area contributed by atoms with Gasteiger partial charge in [0.2, 0.25) is 11.8 Å². The zero-order chi connectivity index (χ0) is 23.2. The van der Waals surface area contributed by atoms with E-state index in [-0.39, 0.29) is 30.2 Å². The van der Waals surface area contributed by atoms with E-state index in [1.165, 1.54) is 12.4 Å². The minimum Gasteiger partial charge on any atom is -0.436 e. The van der Waals surface area contributed by atoms with Gasteiger partial charge in [-0.25, -0.2) is 18.7 Å². The average molecular weight is 454 g/mol. The summed E-state index contributed by atoms with van der Waals surface area (Å²) in [5, 5.41) is 0. The number of carbonyl (C=O) groups is 1. The summed E-state index contributed by atoms with van der Waals surface area (Å²) < 4.78 is 38.0. The first kappa shape index (κ1) is 22.6. The van der Waals surface area contributed by atoms with Crippen LogP contribution in [0, 0.1) is 11.6 Å². The van der Waals surface area contributed by atoms with Gasteiger partial charge in [-0.15, -0.1) is 0 Å². The van der Waals surface area contributed by atoms with Crippen molar-refractivity contribution < 1.29 is 23.0 Å². The van der Waals surface area contributed by atoms with E-state index in [9.17, 15) is 13.6 Å². The van der Waals surface area contributed by atoms with E-state index in [1.54, 1.807) is 11.0 Å².